The number of benzene rings is 1. The molecular formula is C21H24N2O5. The molecule has 0 bridgehead atoms. The molecule has 2 aromatic rings. The van der Waals surface area contributed by atoms with Crippen LogP contribution in [0.3, 0.4) is 0 Å². The van der Waals surface area contributed by atoms with Crippen LogP contribution in [0.15, 0.2) is 36.4 Å². The van der Waals surface area contributed by atoms with Gasteiger partial charge >= 0.3 is 5.97 Å². The Morgan fingerprint density at radius 2 is 2.07 bits per heavy atom. The Kier molecular flexibility index (Phi) is 6.26. The van der Waals surface area contributed by atoms with Crippen LogP contribution in [0.4, 0.5) is 0 Å². The first-order valence-electron chi connectivity index (χ1n) is 9.23. The van der Waals surface area contributed by atoms with Crippen LogP contribution in [-0.4, -0.2) is 53.2 Å². The Bertz CT molecular complexity index is 862. The van der Waals surface area contributed by atoms with Crippen LogP contribution in [0.25, 0.3) is 0 Å². The predicted octanol–water partition coefficient (Wildman–Crippen LogP) is 2.92. The molecule has 7 heteroatoms. The van der Waals surface area contributed by atoms with E-state index in [9.17, 15) is 14.7 Å². The summed E-state index contributed by atoms with van der Waals surface area (Å²) in [4.78, 5) is 30.3. The number of carbonyl (C=O) groups is 2. The number of nitrogens with zero attached hydrogens (tertiary/aromatic N) is 2. The van der Waals surface area contributed by atoms with E-state index in [0.717, 1.165) is 18.4 Å². The number of carboxylic acids is 1. The molecule has 1 aromatic carbocycles. The van der Waals surface area contributed by atoms with E-state index in [4.69, 9.17) is 9.47 Å². The Balaban J connectivity index is 1.88. The first kappa shape index (κ1) is 19.8. The molecule has 1 fully saturated rings. The Labute approximate surface area is 163 Å². The van der Waals surface area contributed by atoms with Gasteiger partial charge in [0.2, 0.25) is 0 Å². The second-order valence-corrected chi connectivity index (χ2v) is 6.77. The monoisotopic (exact) mass is 384 g/mol. The maximum atomic E-state index is 13.2. The second-order valence-electron chi connectivity index (χ2n) is 6.77. The van der Waals surface area contributed by atoms with E-state index >= 15 is 0 Å². The average Bonchev–Trinajstić information content (AvgIpc) is 3.20. The van der Waals surface area contributed by atoms with Gasteiger partial charge in [-0.25, -0.2) is 9.78 Å². The number of rotatable bonds is 7. The fraction of sp³-hybridized carbons (Fsp3) is 0.381. The summed E-state index contributed by atoms with van der Waals surface area (Å²) < 4.78 is 11.1. The number of hydrogen-bond acceptors (Lipinski definition) is 5. The minimum Gasteiger partial charge on any atom is -0.496 e. The smallest absolute Gasteiger partial charge is 0.337 e. The maximum Gasteiger partial charge on any atom is 0.337 e. The van der Waals surface area contributed by atoms with E-state index in [2.05, 4.69) is 4.98 Å². The molecule has 2 heterocycles. The zero-order valence-electron chi connectivity index (χ0n) is 16.1. The van der Waals surface area contributed by atoms with Crippen molar-refractivity contribution in [3.8, 4) is 5.75 Å². The average molecular weight is 384 g/mol. The van der Waals surface area contributed by atoms with Crippen molar-refractivity contribution in [3.05, 3.63) is 58.9 Å². The topological polar surface area (TPSA) is 89.0 Å². The number of aryl methyl sites for hydroxylation is 1. The van der Waals surface area contributed by atoms with Gasteiger partial charge in [-0.15, -0.1) is 0 Å². The fourth-order valence-corrected chi connectivity index (χ4v) is 3.36. The highest BCUT2D eigenvalue weighted by atomic mass is 16.5. The van der Waals surface area contributed by atoms with E-state index in [-0.39, 0.29) is 23.3 Å². The van der Waals surface area contributed by atoms with Gasteiger partial charge in [0.05, 0.1) is 24.5 Å². The highest BCUT2D eigenvalue weighted by Gasteiger charge is 2.25. The number of pyridine rings is 1. The zero-order chi connectivity index (χ0) is 20.1. The Morgan fingerprint density at radius 1 is 1.29 bits per heavy atom. The molecule has 1 aromatic heterocycles. The maximum absolute atomic E-state index is 13.2. The summed E-state index contributed by atoms with van der Waals surface area (Å²) in [5.41, 5.74) is 1.50. The largest absolute Gasteiger partial charge is 0.496 e. The Hall–Kier alpha value is -2.93. The molecule has 28 heavy (non-hydrogen) atoms. The molecular weight excluding hydrogens is 360 g/mol. The van der Waals surface area contributed by atoms with E-state index in [1.165, 1.54) is 12.1 Å². The molecule has 0 spiro atoms. The summed E-state index contributed by atoms with van der Waals surface area (Å²) >= 11 is 0. The minimum absolute atomic E-state index is 0.0157. The van der Waals surface area contributed by atoms with E-state index in [1.54, 1.807) is 18.9 Å². The number of amides is 1. The van der Waals surface area contributed by atoms with Crippen molar-refractivity contribution in [3.63, 3.8) is 0 Å². The molecule has 1 unspecified atom stereocenters. The van der Waals surface area contributed by atoms with Crippen molar-refractivity contribution in [1.82, 2.24) is 9.88 Å². The lowest BCUT2D eigenvalue weighted by molar-refractivity contribution is 0.0500. The predicted molar refractivity (Wildman–Crippen MR) is 103 cm³/mol. The molecule has 0 saturated carbocycles. The number of ether oxygens (including phenoxy) is 2. The quantitative estimate of drug-likeness (QED) is 0.790. The number of para-hydroxylation sites is 1. The van der Waals surface area contributed by atoms with Crippen LogP contribution in [0.5, 0.6) is 5.75 Å². The van der Waals surface area contributed by atoms with Crippen LogP contribution < -0.4 is 4.74 Å². The molecule has 148 valence electrons. The number of aromatic nitrogens is 1. The third-order valence-corrected chi connectivity index (χ3v) is 4.82. The minimum atomic E-state index is -1.06. The van der Waals surface area contributed by atoms with Gasteiger partial charge in [0, 0.05) is 25.3 Å². The van der Waals surface area contributed by atoms with Crippen LogP contribution in [0.2, 0.25) is 0 Å². The second kappa shape index (κ2) is 8.84. The Morgan fingerprint density at radius 3 is 2.71 bits per heavy atom. The van der Waals surface area contributed by atoms with Crippen molar-refractivity contribution in [2.75, 3.05) is 20.3 Å². The lowest BCUT2D eigenvalue weighted by atomic mass is 10.1. The normalized spacial score (nSPS) is 16.0. The SMILES string of the molecule is COc1ccccc1CN(CC1CCCO1)C(=O)c1ccc(C(=O)O)c(C)n1. The van der Waals surface area contributed by atoms with Crippen molar-refractivity contribution in [1.29, 1.82) is 0 Å². The highest BCUT2D eigenvalue weighted by Crippen LogP contribution is 2.22. The van der Waals surface area contributed by atoms with Gasteiger partial charge in [-0.3, -0.25) is 4.79 Å². The van der Waals surface area contributed by atoms with Crippen LogP contribution in [0, 0.1) is 6.92 Å². The van der Waals surface area contributed by atoms with E-state index in [1.807, 2.05) is 24.3 Å². The molecule has 1 aliphatic rings. The molecule has 1 amide bonds. The van der Waals surface area contributed by atoms with Gasteiger partial charge in [0.1, 0.15) is 11.4 Å². The molecule has 7 nitrogen and oxygen atoms in total. The lowest BCUT2D eigenvalue weighted by Crippen LogP contribution is -2.37. The zero-order valence-corrected chi connectivity index (χ0v) is 16.1. The molecule has 1 saturated heterocycles. The molecule has 0 aliphatic carbocycles. The highest BCUT2D eigenvalue weighted by molar-refractivity contribution is 5.94. The number of hydrogen-bond donors (Lipinski definition) is 1. The first-order chi connectivity index (χ1) is 13.5. The van der Waals surface area contributed by atoms with Gasteiger partial charge in [-0.1, -0.05) is 18.2 Å². The van der Waals surface area contributed by atoms with Crippen LogP contribution >= 0.6 is 0 Å². The van der Waals surface area contributed by atoms with Crippen LogP contribution in [-0.2, 0) is 11.3 Å². The molecule has 3 rings (SSSR count). The third-order valence-electron chi connectivity index (χ3n) is 4.82. The van der Waals surface area contributed by atoms with Crippen molar-refractivity contribution in [2.24, 2.45) is 0 Å². The van der Waals surface area contributed by atoms with Crippen LogP contribution in [0.1, 0.15) is 44.9 Å². The molecule has 1 aliphatic heterocycles. The number of methoxy groups -OCH3 is 1. The first-order valence-corrected chi connectivity index (χ1v) is 9.23. The van der Waals surface area contributed by atoms with Gasteiger partial charge in [-0.05, 0) is 38.0 Å². The number of aromatic carboxylic acids is 1. The summed E-state index contributed by atoms with van der Waals surface area (Å²) in [6.45, 7) is 3.08. The molecule has 1 N–H and O–H groups in total. The summed E-state index contributed by atoms with van der Waals surface area (Å²) in [6.07, 6.45) is 1.87. The summed E-state index contributed by atoms with van der Waals surface area (Å²) in [7, 11) is 1.60. The van der Waals surface area contributed by atoms with Gasteiger partial charge in [0.25, 0.3) is 5.91 Å². The summed E-state index contributed by atoms with van der Waals surface area (Å²) in [6, 6.07) is 10.4. The third kappa shape index (κ3) is 4.48. The summed E-state index contributed by atoms with van der Waals surface area (Å²) in [5.74, 6) is -0.617. The lowest BCUT2D eigenvalue weighted by Gasteiger charge is -2.26. The van der Waals surface area contributed by atoms with Gasteiger partial charge in [0.15, 0.2) is 0 Å². The number of carboxylic acid groups (broad SMARTS) is 1. The molecule has 0 radical (unpaired) electrons. The molecule has 1 atom stereocenters. The number of carbonyl (C=O) groups excluding carboxylic acids is 1. The van der Waals surface area contributed by atoms with Crippen molar-refractivity contribution < 1.29 is 24.2 Å². The van der Waals surface area contributed by atoms with E-state index in [0.29, 0.717) is 31.1 Å². The van der Waals surface area contributed by atoms with Crippen molar-refractivity contribution >= 4 is 11.9 Å². The fourth-order valence-electron chi connectivity index (χ4n) is 3.36. The summed E-state index contributed by atoms with van der Waals surface area (Å²) in [5, 5.41) is 9.18. The van der Waals surface area contributed by atoms with Crippen molar-refractivity contribution in [2.45, 2.75) is 32.4 Å². The van der Waals surface area contributed by atoms with E-state index < -0.39 is 5.97 Å². The standard InChI is InChI=1S/C21H24N2O5/c1-14-17(21(25)26)9-10-18(22-14)20(24)23(13-16-7-5-11-28-16)12-15-6-3-4-8-19(15)27-2/h3-4,6,8-10,16H,5,7,11-13H2,1-2H3,(H,25,26). The van der Waals surface area contributed by atoms with Gasteiger partial charge < -0.3 is 19.5 Å². The van der Waals surface area contributed by atoms with Gasteiger partial charge in [-0.2, -0.15) is 0 Å².